The summed E-state index contributed by atoms with van der Waals surface area (Å²) in [6.45, 7) is 8.65. The van der Waals surface area contributed by atoms with Crippen LogP contribution < -0.4 is 5.32 Å². The van der Waals surface area contributed by atoms with Crippen molar-refractivity contribution in [3.05, 3.63) is 30.2 Å². The van der Waals surface area contributed by atoms with Crippen LogP contribution >= 0.6 is 11.6 Å². The van der Waals surface area contributed by atoms with Crippen molar-refractivity contribution in [1.29, 1.82) is 0 Å². The van der Waals surface area contributed by atoms with Gasteiger partial charge in [0.05, 0.1) is 0 Å². The third kappa shape index (κ3) is 3.00. The Balaban J connectivity index is 2.62. The number of nitrogens with zero attached hydrogens (tertiary/aromatic N) is 2. The first kappa shape index (κ1) is 11.0. The van der Waals surface area contributed by atoms with Crippen molar-refractivity contribution >= 4 is 17.4 Å². The van der Waals surface area contributed by atoms with Gasteiger partial charge in [0.2, 0.25) is 0 Å². The highest BCUT2D eigenvalue weighted by Gasteiger charge is 2.13. The van der Waals surface area contributed by atoms with Crippen LogP contribution in [0.4, 0.5) is 5.82 Å². The smallest absolute Gasteiger partial charge is 0.171 e. The molecule has 1 rings (SSSR count). The van der Waals surface area contributed by atoms with Crippen LogP contribution in [0.2, 0.25) is 5.15 Å². The van der Waals surface area contributed by atoms with E-state index in [4.69, 9.17) is 11.6 Å². The van der Waals surface area contributed by atoms with Gasteiger partial charge in [0.25, 0.3) is 0 Å². The Labute approximate surface area is 89.2 Å². The molecule has 0 fully saturated rings. The van der Waals surface area contributed by atoms with Crippen LogP contribution in [-0.4, -0.2) is 16.5 Å². The predicted molar refractivity (Wildman–Crippen MR) is 59.5 cm³/mol. The Morgan fingerprint density at radius 2 is 2.14 bits per heavy atom. The van der Waals surface area contributed by atoms with Crippen molar-refractivity contribution in [2.24, 2.45) is 5.41 Å². The molecule has 3 nitrogen and oxygen atoms in total. The summed E-state index contributed by atoms with van der Waals surface area (Å²) in [6, 6.07) is 0. The summed E-state index contributed by atoms with van der Waals surface area (Å²) >= 11 is 5.83. The largest absolute Gasteiger partial charge is 0.367 e. The van der Waals surface area contributed by atoms with Gasteiger partial charge in [-0.15, -0.1) is 6.58 Å². The zero-order chi connectivity index (χ0) is 10.6. The molecule has 14 heavy (non-hydrogen) atoms. The van der Waals surface area contributed by atoms with Gasteiger partial charge in [-0.25, -0.2) is 9.97 Å². The molecule has 0 unspecified atom stereocenters. The maximum atomic E-state index is 5.83. The fourth-order valence-corrected chi connectivity index (χ4v) is 0.995. The fraction of sp³-hybridized carbons (Fsp3) is 0.400. The van der Waals surface area contributed by atoms with Crippen molar-refractivity contribution < 1.29 is 0 Å². The molecule has 0 saturated carbocycles. The van der Waals surface area contributed by atoms with Crippen molar-refractivity contribution in [2.45, 2.75) is 13.8 Å². The van der Waals surface area contributed by atoms with Gasteiger partial charge in [0.1, 0.15) is 0 Å². The first-order valence-electron chi connectivity index (χ1n) is 4.39. The number of hydrogen-bond acceptors (Lipinski definition) is 3. The molecule has 0 bridgehead atoms. The van der Waals surface area contributed by atoms with E-state index in [2.05, 4.69) is 35.7 Å². The number of halogens is 1. The van der Waals surface area contributed by atoms with Gasteiger partial charge in [-0.2, -0.15) is 0 Å². The van der Waals surface area contributed by atoms with Crippen LogP contribution in [0.1, 0.15) is 13.8 Å². The molecule has 0 spiro atoms. The van der Waals surface area contributed by atoms with Gasteiger partial charge in [-0.1, -0.05) is 31.5 Å². The molecule has 0 amide bonds. The van der Waals surface area contributed by atoms with E-state index in [1.54, 1.807) is 12.4 Å². The van der Waals surface area contributed by atoms with Crippen molar-refractivity contribution in [3.8, 4) is 0 Å². The van der Waals surface area contributed by atoms with E-state index in [1.165, 1.54) is 0 Å². The molecule has 76 valence electrons. The van der Waals surface area contributed by atoms with E-state index < -0.39 is 0 Å². The highest BCUT2D eigenvalue weighted by molar-refractivity contribution is 6.31. The fourth-order valence-electron chi connectivity index (χ4n) is 0.823. The Morgan fingerprint density at radius 1 is 1.50 bits per heavy atom. The molecular formula is C10H14ClN3. The quantitative estimate of drug-likeness (QED) is 0.779. The van der Waals surface area contributed by atoms with Crippen LogP contribution in [0, 0.1) is 5.41 Å². The van der Waals surface area contributed by atoms with Crippen molar-refractivity contribution in [1.82, 2.24) is 9.97 Å². The SMILES string of the molecule is C=CC(C)(C)CNc1nccnc1Cl. The van der Waals surface area contributed by atoms with Crippen molar-refractivity contribution in [3.63, 3.8) is 0 Å². The topological polar surface area (TPSA) is 37.8 Å². The lowest BCUT2D eigenvalue weighted by molar-refractivity contribution is 0.513. The standard InChI is InChI=1S/C10H14ClN3/c1-4-10(2,3)7-14-9-8(11)12-5-6-13-9/h4-6H,1,7H2,2-3H3,(H,13,14). The molecule has 0 aliphatic heterocycles. The van der Waals surface area contributed by atoms with Crippen LogP contribution in [0.15, 0.2) is 25.0 Å². The third-order valence-corrected chi connectivity index (χ3v) is 2.19. The predicted octanol–water partition coefficient (Wildman–Crippen LogP) is 2.75. The van der Waals surface area contributed by atoms with E-state index in [-0.39, 0.29) is 5.41 Å². The van der Waals surface area contributed by atoms with E-state index in [0.29, 0.717) is 11.0 Å². The van der Waals surface area contributed by atoms with Gasteiger partial charge in [0.15, 0.2) is 11.0 Å². The normalized spacial score (nSPS) is 11.1. The van der Waals surface area contributed by atoms with E-state index in [9.17, 15) is 0 Å². The molecule has 0 aliphatic carbocycles. The van der Waals surface area contributed by atoms with Gasteiger partial charge in [-0.3, -0.25) is 0 Å². The maximum Gasteiger partial charge on any atom is 0.171 e. The number of aromatic nitrogens is 2. The first-order chi connectivity index (χ1) is 6.55. The Bertz CT molecular complexity index is 323. The summed E-state index contributed by atoms with van der Waals surface area (Å²) in [6.07, 6.45) is 5.06. The molecule has 0 saturated heterocycles. The highest BCUT2D eigenvalue weighted by Crippen LogP contribution is 2.19. The van der Waals surface area contributed by atoms with Crippen molar-refractivity contribution in [2.75, 3.05) is 11.9 Å². The third-order valence-electron chi connectivity index (χ3n) is 1.92. The first-order valence-corrected chi connectivity index (χ1v) is 4.77. The summed E-state index contributed by atoms with van der Waals surface area (Å²) in [5, 5.41) is 3.52. The average molecular weight is 212 g/mol. The minimum absolute atomic E-state index is 0.0147. The molecule has 1 aromatic rings. The van der Waals surface area contributed by atoms with E-state index in [1.807, 2.05) is 6.08 Å². The molecule has 1 heterocycles. The Morgan fingerprint density at radius 3 is 2.71 bits per heavy atom. The summed E-state index contributed by atoms with van der Waals surface area (Å²) < 4.78 is 0. The minimum atomic E-state index is 0.0147. The second-order valence-electron chi connectivity index (χ2n) is 3.74. The molecule has 1 N–H and O–H groups in total. The lowest BCUT2D eigenvalue weighted by atomic mass is 9.94. The number of nitrogens with one attached hydrogen (secondary N) is 1. The molecule has 0 aromatic carbocycles. The lowest BCUT2D eigenvalue weighted by Gasteiger charge is -2.20. The van der Waals surface area contributed by atoms with Gasteiger partial charge in [0, 0.05) is 18.9 Å². The molecule has 4 heteroatoms. The molecular weight excluding hydrogens is 198 g/mol. The van der Waals surface area contributed by atoms with E-state index >= 15 is 0 Å². The molecule has 0 atom stereocenters. The molecule has 1 aromatic heterocycles. The van der Waals surface area contributed by atoms with Crippen LogP contribution in [0.3, 0.4) is 0 Å². The van der Waals surface area contributed by atoms with Gasteiger partial charge < -0.3 is 5.32 Å². The number of hydrogen-bond donors (Lipinski definition) is 1. The van der Waals surface area contributed by atoms with E-state index in [0.717, 1.165) is 6.54 Å². The number of anilines is 1. The highest BCUT2D eigenvalue weighted by atomic mass is 35.5. The second kappa shape index (κ2) is 4.42. The average Bonchev–Trinajstić information content (AvgIpc) is 2.17. The zero-order valence-electron chi connectivity index (χ0n) is 8.42. The van der Waals surface area contributed by atoms with Crippen LogP contribution in [-0.2, 0) is 0 Å². The summed E-state index contributed by atoms with van der Waals surface area (Å²) in [5.74, 6) is 0.615. The second-order valence-corrected chi connectivity index (χ2v) is 4.10. The summed E-state index contributed by atoms with van der Waals surface area (Å²) in [7, 11) is 0. The lowest BCUT2D eigenvalue weighted by Crippen LogP contribution is -2.21. The summed E-state index contributed by atoms with van der Waals surface area (Å²) in [5.41, 5.74) is 0.0147. The Kier molecular flexibility index (Phi) is 3.47. The molecule has 0 radical (unpaired) electrons. The monoisotopic (exact) mass is 211 g/mol. The van der Waals surface area contributed by atoms with Crippen LogP contribution in [0.25, 0.3) is 0 Å². The molecule has 0 aliphatic rings. The van der Waals surface area contributed by atoms with Gasteiger partial charge in [-0.05, 0) is 5.41 Å². The van der Waals surface area contributed by atoms with Gasteiger partial charge >= 0.3 is 0 Å². The number of rotatable bonds is 4. The zero-order valence-corrected chi connectivity index (χ0v) is 9.17. The Hall–Kier alpha value is -1.09. The maximum absolute atomic E-state index is 5.83. The minimum Gasteiger partial charge on any atom is -0.367 e. The van der Waals surface area contributed by atoms with Crippen LogP contribution in [0.5, 0.6) is 0 Å². The summed E-state index contributed by atoms with van der Waals surface area (Å²) in [4.78, 5) is 8.00.